The van der Waals surface area contributed by atoms with Crippen molar-refractivity contribution >= 4 is 15.9 Å². The van der Waals surface area contributed by atoms with E-state index in [9.17, 15) is 0 Å². The Hall–Kier alpha value is -0.380. The molecule has 0 radical (unpaired) electrons. The maximum Gasteiger partial charge on any atom is 0.0230 e. The Labute approximate surface area is 114 Å². The lowest BCUT2D eigenvalue weighted by Gasteiger charge is -2.16. The highest BCUT2D eigenvalue weighted by Crippen LogP contribution is 2.11. The van der Waals surface area contributed by atoms with Crippen LogP contribution in [0.4, 0.5) is 0 Å². The Morgan fingerprint density at radius 1 is 1.18 bits per heavy atom. The second kappa shape index (κ2) is 8.67. The van der Waals surface area contributed by atoms with Gasteiger partial charge in [-0.25, -0.2) is 0 Å². The molecule has 0 saturated heterocycles. The summed E-state index contributed by atoms with van der Waals surface area (Å²) in [5.41, 5.74) is 1.38. The molecule has 96 valence electrons. The Balaban J connectivity index is 2.16. The van der Waals surface area contributed by atoms with Crippen molar-refractivity contribution in [2.45, 2.75) is 26.3 Å². The molecule has 0 unspecified atom stereocenters. The standard InChI is InChI=1S/C14H23BrN2/c1-3-16-10-4-5-11-17(2)12-13-6-8-14(15)9-7-13/h6-9,16H,3-5,10-12H2,1-2H3. The zero-order chi connectivity index (χ0) is 12.5. The van der Waals surface area contributed by atoms with Crippen molar-refractivity contribution in [3.05, 3.63) is 34.3 Å². The zero-order valence-corrected chi connectivity index (χ0v) is 12.5. The summed E-state index contributed by atoms with van der Waals surface area (Å²) in [7, 11) is 2.19. The minimum Gasteiger partial charge on any atom is -0.317 e. The molecular weight excluding hydrogens is 276 g/mol. The maximum atomic E-state index is 3.46. The molecule has 1 N–H and O–H groups in total. The van der Waals surface area contributed by atoms with Gasteiger partial charge in [0.05, 0.1) is 0 Å². The lowest BCUT2D eigenvalue weighted by molar-refractivity contribution is 0.318. The van der Waals surface area contributed by atoms with E-state index in [0.717, 1.165) is 24.1 Å². The summed E-state index contributed by atoms with van der Waals surface area (Å²) in [6, 6.07) is 8.57. The molecule has 2 nitrogen and oxygen atoms in total. The van der Waals surface area contributed by atoms with Crippen LogP contribution in [0.1, 0.15) is 25.3 Å². The second-order valence-corrected chi connectivity index (χ2v) is 5.34. The van der Waals surface area contributed by atoms with E-state index in [2.05, 4.69) is 64.4 Å². The smallest absolute Gasteiger partial charge is 0.0230 e. The molecule has 3 heteroatoms. The predicted octanol–water partition coefficient (Wildman–Crippen LogP) is 3.27. The highest BCUT2D eigenvalue weighted by atomic mass is 79.9. The third kappa shape index (κ3) is 6.81. The fraction of sp³-hybridized carbons (Fsp3) is 0.571. The number of halogens is 1. The average molecular weight is 299 g/mol. The van der Waals surface area contributed by atoms with Crippen LogP contribution in [0.3, 0.4) is 0 Å². The summed E-state index contributed by atoms with van der Waals surface area (Å²) in [6.07, 6.45) is 2.53. The van der Waals surface area contributed by atoms with Crippen LogP contribution >= 0.6 is 15.9 Å². The first-order valence-corrected chi connectivity index (χ1v) is 7.15. The van der Waals surface area contributed by atoms with Gasteiger partial charge in [-0.15, -0.1) is 0 Å². The largest absolute Gasteiger partial charge is 0.317 e. The highest BCUT2D eigenvalue weighted by Gasteiger charge is 2.00. The van der Waals surface area contributed by atoms with Gasteiger partial charge in [-0.05, 0) is 57.2 Å². The van der Waals surface area contributed by atoms with Crippen LogP contribution in [0, 0.1) is 0 Å². The Bertz CT molecular complexity index is 298. The summed E-state index contributed by atoms with van der Waals surface area (Å²) >= 11 is 3.46. The van der Waals surface area contributed by atoms with Gasteiger partial charge in [0.15, 0.2) is 0 Å². The summed E-state index contributed by atoms with van der Waals surface area (Å²) in [5, 5.41) is 3.35. The van der Waals surface area contributed by atoms with E-state index in [1.807, 2.05) is 0 Å². The molecule has 0 aliphatic rings. The third-order valence-corrected chi connectivity index (χ3v) is 3.29. The van der Waals surface area contributed by atoms with E-state index in [1.54, 1.807) is 0 Å². The topological polar surface area (TPSA) is 15.3 Å². The first-order valence-electron chi connectivity index (χ1n) is 6.36. The fourth-order valence-corrected chi connectivity index (χ4v) is 2.05. The van der Waals surface area contributed by atoms with Gasteiger partial charge in [-0.2, -0.15) is 0 Å². The molecule has 17 heavy (non-hydrogen) atoms. The molecule has 1 rings (SSSR count). The van der Waals surface area contributed by atoms with Crippen molar-refractivity contribution < 1.29 is 0 Å². The van der Waals surface area contributed by atoms with Crippen LogP contribution in [-0.2, 0) is 6.54 Å². The molecule has 0 aromatic heterocycles. The molecule has 0 spiro atoms. The molecule has 0 heterocycles. The SMILES string of the molecule is CCNCCCCN(C)Cc1ccc(Br)cc1. The molecular formula is C14H23BrN2. The third-order valence-electron chi connectivity index (χ3n) is 2.76. The molecule has 0 amide bonds. The number of nitrogens with one attached hydrogen (secondary N) is 1. The summed E-state index contributed by atoms with van der Waals surface area (Å²) in [6.45, 7) is 6.58. The monoisotopic (exact) mass is 298 g/mol. The van der Waals surface area contributed by atoms with E-state index in [-0.39, 0.29) is 0 Å². The summed E-state index contributed by atoms with van der Waals surface area (Å²) < 4.78 is 1.15. The van der Waals surface area contributed by atoms with Crippen molar-refractivity contribution in [1.29, 1.82) is 0 Å². The average Bonchev–Trinajstić information content (AvgIpc) is 2.32. The molecule has 0 fully saturated rings. The second-order valence-electron chi connectivity index (χ2n) is 4.42. The molecule has 0 saturated carbocycles. The lowest BCUT2D eigenvalue weighted by Crippen LogP contribution is -2.21. The first-order chi connectivity index (χ1) is 8.22. The van der Waals surface area contributed by atoms with Crippen LogP contribution in [0.15, 0.2) is 28.7 Å². The van der Waals surface area contributed by atoms with Gasteiger partial charge in [0, 0.05) is 11.0 Å². The molecule has 0 aliphatic carbocycles. The van der Waals surface area contributed by atoms with Gasteiger partial charge in [0.2, 0.25) is 0 Å². The van der Waals surface area contributed by atoms with E-state index < -0.39 is 0 Å². The molecule has 1 aromatic rings. The minimum absolute atomic E-state index is 1.04. The molecule has 1 aromatic carbocycles. The molecule has 0 aliphatic heterocycles. The number of benzene rings is 1. The number of hydrogen-bond donors (Lipinski definition) is 1. The fourth-order valence-electron chi connectivity index (χ4n) is 1.79. The van der Waals surface area contributed by atoms with Crippen molar-refractivity contribution in [3.63, 3.8) is 0 Å². The van der Waals surface area contributed by atoms with Crippen LogP contribution < -0.4 is 5.32 Å². The van der Waals surface area contributed by atoms with Crippen molar-refractivity contribution in [3.8, 4) is 0 Å². The molecule has 0 bridgehead atoms. The van der Waals surface area contributed by atoms with Crippen molar-refractivity contribution in [2.24, 2.45) is 0 Å². The van der Waals surface area contributed by atoms with E-state index in [1.165, 1.54) is 24.9 Å². The minimum atomic E-state index is 1.04. The van der Waals surface area contributed by atoms with Gasteiger partial charge in [-0.3, -0.25) is 0 Å². The zero-order valence-electron chi connectivity index (χ0n) is 10.9. The van der Waals surface area contributed by atoms with Crippen LogP contribution in [0.2, 0.25) is 0 Å². The Morgan fingerprint density at radius 2 is 1.88 bits per heavy atom. The number of rotatable bonds is 8. The van der Waals surface area contributed by atoms with Gasteiger partial charge in [-0.1, -0.05) is 35.0 Å². The van der Waals surface area contributed by atoms with E-state index in [4.69, 9.17) is 0 Å². The number of nitrogens with zero attached hydrogens (tertiary/aromatic N) is 1. The van der Waals surface area contributed by atoms with Crippen molar-refractivity contribution in [2.75, 3.05) is 26.7 Å². The molecule has 0 atom stereocenters. The predicted molar refractivity (Wildman–Crippen MR) is 78.3 cm³/mol. The summed E-state index contributed by atoms with van der Waals surface area (Å²) in [5.74, 6) is 0. The van der Waals surface area contributed by atoms with Crippen LogP contribution in [0.25, 0.3) is 0 Å². The number of hydrogen-bond acceptors (Lipinski definition) is 2. The van der Waals surface area contributed by atoms with E-state index >= 15 is 0 Å². The highest BCUT2D eigenvalue weighted by molar-refractivity contribution is 9.10. The first kappa shape index (κ1) is 14.7. The van der Waals surface area contributed by atoms with Crippen LogP contribution in [0.5, 0.6) is 0 Å². The maximum absolute atomic E-state index is 3.46. The van der Waals surface area contributed by atoms with Gasteiger partial charge in [0.25, 0.3) is 0 Å². The van der Waals surface area contributed by atoms with Gasteiger partial charge >= 0.3 is 0 Å². The van der Waals surface area contributed by atoms with Crippen LogP contribution in [-0.4, -0.2) is 31.6 Å². The lowest BCUT2D eigenvalue weighted by atomic mass is 10.2. The van der Waals surface area contributed by atoms with Crippen molar-refractivity contribution in [1.82, 2.24) is 10.2 Å². The Morgan fingerprint density at radius 3 is 2.53 bits per heavy atom. The quantitative estimate of drug-likeness (QED) is 0.741. The van der Waals surface area contributed by atoms with Gasteiger partial charge in [0.1, 0.15) is 0 Å². The Kier molecular flexibility index (Phi) is 7.49. The van der Waals surface area contributed by atoms with Gasteiger partial charge < -0.3 is 10.2 Å². The van der Waals surface area contributed by atoms with E-state index in [0.29, 0.717) is 0 Å². The number of unbranched alkanes of at least 4 members (excludes halogenated alkanes) is 1. The normalized spacial score (nSPS) is 11.1. The summed E-state index contributed by atoms with van der Waals surface area (Å²) in [4.78, 5) is 2.38.